The van der Waals surface area contributed by atoms with Crippen molar-refractivity contribution in [2.75, 3.05) is 34.0 Å². The molecule has 2 saturated carbocycles. The Morgan fingerprint density at radius 1 is 0.818 bits per heavy atom. The molecule has 0 saturated heterocycles. The largest absolute Gasteiger partial charge is 0.384 e. The van der Waals surface area contributed by atoms with E-state index in [0.717, 1.165) is 19.8 Å². The summed E-state index contributed by atoms with van der Waals surface area (Å²) in [6.07, 6.45) is 13.0. The molecule has 0 aromatic carbocycles. The number of hydrogen-bond donors (Lipinski definition) is 0. The molecule has 0 spiro atoms. The Morgan fingerprint density at radius 3 is 1.86 bits per heavy atom. The zero-order valence-electron chi connectivity index (χ0n) is 15.0. The zero-order valence-corrected chi connectivity index (χ0v) is 15.0. The van der Waals surface area contributed by atoms with Gasteiger partial charge in [-0.1, -0.05) is 38.5 Å². The van der Waals surface area contributed by atoms with E-state index in [1.807, 2.05) is 14.2 Å². The molecule has 0 aromatic rings. The highest BCUT2D eigenvalue weighted by atomic mass is 16.5. The van der Waals surface area contributed by atoms with Gasteiger partial charge in [0.25, 0.3) is 0 Å². The fourth-order valence-electron chi connectivity index (χ4n) is 4.53. The van der Waals surface area contributed by atoms with Crippen LogP contribution < -0.4 is 0 Å². The molecule has 0 aromatic heterocycles. The number of hydrogen-bond acceptors (Lipinski definition) is 3. The second kappa shape index (κ2) is 8.65. The van der Waals surface area contributed by atoms with Crippen molar-refractivity contribution in [3.05, 3.63) is 0 Å². The van der Waals surface area contributed by atoms with Crippen molar-refractivity contribution >= 4 is 0 Å². The average molecular weight is 312 g/mol. The summed E-state index contributed by atoms with van der Waals surface area (Å²) in [4.78, 5) is 0. The Hall–Kier alpha value is -0.120. The van der Waals surface area contributed by atoms with Gasteiger partial charge in [-0.3, -0.25) is 0 Å². The van der Waals surface area contributed by atoms with Crippen LogP contribution in [0.2, 0.25) is 0 Å². The molecule has 0 N–H and O–H groups in total. The van der Waals surface area contributed by atoms with Crippen molar-refractivity contribution < 1.29 is 14.2 Å². The van der Waals surface area contributed by atoms with Crippen LogP contribution in [0.4, 0.5) is 0 Å². The van der Waals surface area contributed by atoms with Gasteiger partial charge in [-0.05, 0) is 38.5 Å². The molecule has 0 heterocycles. The van der Waals surface area contributed by atoms with Gasteiger partial charge in [0.2, 0.25) is 0 Å². The Morgan fingerprint density at radius 2 is 1.36 bits per heavy atom. The maximum Gasteiger partial charge on any atom is 0.0654 e. The third-order valence-electron chi connectivity index (χ3n) is 5.95. The smallest absolute Gasteiger partial charge is 0.0654 e. The highest BCUT2D eigenvalue weighted by Gasteiger charge is 2.42. The molecule has 130 valence electrons. The lowest BCUT2D eigenvalue weighted by Gasteiger charge is -2.41. The van der Waals surface area contributed by atoms with Crippen LogP contribution in [0, 0.1) is 11.3 Å². The lowest BCUT2D eigenvalue weighted by atomic mass is 9.75. The Kier molecular flexibility index (Phi) is 7.17. The summed E-state index contributed by atoms with van der Waals surface area (Å²) in [7, 11) is 3.62. The molecule has 3 nitrogen and oxygen atoms in total. The van der Waals surface area contributed by atoms with E-state index in [4.69, 9.17) is 14.2 Å². The minimum Gasteiger partial charge on any atom is -0.384 e. The van der Waals surface area contributed by atoms with E-state index in [-0.39, 0.29) is 11.0 Å². The fraction of sp³-hybridized carbons (Fsp3) is 1.00. The summed E-state index contributed by atoms with van der Waals surface area (Å²) in [5.74, 6) is 0.682. The lowest BCUT2D eigenvalue weighted by Crippen LogP contribution is -2.45. The minimum atomic E-state index is 0.0370. The molecule has 3 heteroatoms. The Bertz CT molecular complexity index is 296. The predicted octanol–water partition coefficient (Wildman–Crippen LogP) is 4.59. The monoisotopic (exact) mass is 312 g/mol. The number of rotatable bonds is 8. The third kappa shape index (κ3) is 4.69. The summed E-state index contributed by atoms with van der Waals surface area (Å²) >= 11 is 0. The van der Waals surface area contributed by atoms with Gasteiger partial charge in [0.05, 0.1) is 25.4 Å². The summed E-state index contributed by atoms with van der Waals surface area (Å²) < 4.78 is 17.8. The first-order valence-corrected chi connectivity index (χ1v) is 9.26. The molecule has 2 rings (SSSR count). The second-order valence-corrected chi connectivity index (χ2v) is 7.86. The van der Waals surface area contributed by atoms with E-state index in [9.17, 15) is 0 Å². The molecule has 22 heavy (non-hydrogen) atoms. The van der Waals surface area contributed by atoms with Crippen LogP contribution in [-0.4, -0.2) is 39.6 Å². The van der Waals surface area contributed by atoms with Gasteiger partial charge in [0, 0.05) is 19.6 Å². The van der Waals surface area contributed by atoms with E-state index in [0.29, 0.717) is 5.92 Å². The average Bonchev–Trinajstić information content (AvgIpc) is 2.96. The fourth-order valence-corrected chi connectivity index (χ4v) is 4.53. The highest BCUT2D eigenvalue weighted by molar-refractivity contribution is 4.91. The maximum absolute atomic E-state index is 6.57. The first-order valence-electron chi connectivity index (χ1n) is 9.26. The first kappa shape index (κ1) is 18.2. The quantitative estimate of drug-likeness (QED) is 0.614. The van der Waals surface area contributed by atoms with Gasteiger partial charge < -0.3 is 14.2 Å². The summed E-state index contributed by atoms with van der Waals surface area (Å²) in [6, 6.07) is 0. The van der Waals surface area contributed by atoms with E-state index < -0.39 is 0 Å². The maximum atomic E-state index is 6.57. The van der Waals surface area contributed by atoms with Crippen molar-refractivity contribution in [1.82, 2.24) is 0 Å². The van der Waals surface area contributed by atoms with Gasteiger partial charge in [0.1, 0.15) is 0 Å². The van der Waals surface area contributed by atoms with Gasteiger partial charge in [0.15, 0.2) is 0 Å². The van der Waals surface area contributed by atoms with Crippen molar-refractivity contribution in [1.29, 1.82) is 0 Å². The Labute approximate surface area is 137 Å². The molecular formula is C19H36O3. The molecule has 0 radical (unpaired) electrons. The minimum absolute atomic E-state index is 0.0370. The molecule has 0 unspecified atom stereocenters. The SMILES string of the molecule is COCC(COC)(COC1(C)CCCCCC1)C1CCCC1. The molecule has 0 amide bonds. The molecule has 0 aliphatic heterocycles. The van der Waals surface area contributed by atoms with Crippen LogP contribution in [0.1, 0.15) is 71.1 Å². The van der Waals surface area contributed by atoms with Crippen molar-refractivity contribution in [3.8, 4) is 0 Å². The van der Waals surface area contributed by atoms with Crippen LogP contribution in [0.25, 0.3) is 0 Å². The van der Waals surface area contributed by atoms with E-state index >= 15 is 0 Å². The zero-order chi connectivity index (χ0) is 15.9. The van der Waals surface area contributed by atoms with E-state index in [1.165, 1.54) is 64.2 Å². The van der Waals surface area contributed by atoms with Gasteiger partial charge in [-0.25, -0.2) is 0 Å². The van der Waals surface area contributed by atoms with Crippen molar-refractivity contribution in [3.63, 3.8) is 0 Å². The Balaban J connectivity index is 2.03. The molecular weight excluding hydrogens is 276 g/mol. The first-order chi connectivity index (χ1) is 10.6. The topological polar surface area (TPSA) is 27.7 Å². The number of methoxy groups -OCH3 is 2. The summed E-state index contributed by atoms with van der Waals surface area (Å²) in [5, 5.41) is 0. The van der Waals surface area contributed by atoms with Crippen molar-refractivity contribution in [2.45, 2.75) is 76.7 Å². The van der Waals surface area contributed by atoms with E-state index in [2.05, 4.69) is 6.92 Å². The van der Waals surface area contributed by atoms with Gasteiger partial charge in [-0.2, -0.15) is 0 Å². The molecule has 0 atom stereocenters. The van der Waals surface area contributed by atoms with Crippen LogP contribution in [-0.2, 0) is 14.2 Å². The normalized spacial score (nSPS) is 23.6. The third-order valence-corrected chi connectivity index (χ3v) is 5.95. The predicted molar refractivity (Wildman–Crippen MR) is 90.2 cm³/mol. The molecule has 0 bridgehead atoms. The summed E-state index contributed by atoms with van der Waals surface area (Å²) in [6.45, 7) is 4.61. The number of ether oxygens (including phenoxy) is 3. The molecule has 2 fully saturated rings. The van der Waals surface area contributed by atoms with Crippen LogP contribution in [0.3, 0.4) is 0 Å². The van der Waals surface area contributed by atoms with Crippen LogP contribution >= 0.6 is 0 Å². The standard InChI is InChI=1S/C19H36O3/c1-18(12-8-4-5-9-13-18)22-16-19(14-20-2,15-21-3)17-10-6-7-11-17/h17H,4-16H2,1-3H3. The van der Waals surface area contributed by atoms with Crippen LogP contribution in [0.15, 0.2) is 0 Å². The highest BCUT2D eigenvalue weighted by Crippen LogP contribution is 2.42. The summed E-state index contributed by atoms with van der Waals surface area (Å²) in [5.41, 5.74) is 0.0944. The van der Waals surface area contributed by atoms with Crippen LogP contribution in [0.5, 0.6) is 0 Å². The van der Waals surface area contributed by atoms with E-state index in [1.54, 1.807) is 0 Å². The molecule has 2 aliphatic rings. The second-order valence-electron chi connectivity index (χ2n) is 7.86. The van der Waals surface area contributed by atoms with Gasteiger partial charge >= 0.3 is 0 Å². The van der Waals surface area contributed by atoms with Gasteiger partial charge in [-0.15, -0.1) is 0 Å². The van der Waals surface area contributed by atoms with Crippen molar-refractivity contribution in [2.24, 2.45) is 11.3 Å². The lowest BCUT2D eigenvalue weighted by molar-refractivity contribution is -0.134. The molecule has 2 aliphatic carbocycles.